The van der Waals surface area contributed by atoms with E-state index in [1.54, 1.807) is 6.33 Å². The summed E-state index contributed by atoms with van der Waals surface area (Å²) in [6.07, 6.45) is 9.36. The van der Waals surface area contributed by atoms with E-state index < -0.39 is 0 Å². The molecule has 1 unspecified atom stereocenters. The fourth-order valence-corrected chi connectivity index (χ4v) is 4.76. The predicted octanol–water partition coefficient (Wildman–Crippen LogP) is 3.48. The molecule has 0 N–H and O–H groups in total. The van der Waals surface area contributed by atoms with Crippen LogP contribution in [-0.2, 0) is 17.6 Å². The third-order valence-electron chi connectivity index (χ3n) is 6.51. The van der Waals surface area contributed by atoms with E-state index in [9.17, 15) is 4.79 Å². The van der Waals surface area contributed by atoms with E-state index in [4.69, 9.17) is 9.97 Å². The predicted molar refractivity (Wildman–Crippen MR) is 124 cm³/mol. The van der Waals surface area contributed by atoms with Crippen LogP contribution in [0.1, 0.15) is 47.8 Å². The molecular formula is C25H28N6O. The molecule has 3 aromatic rings. The van der Waals surface area contributed by atoms with Gasteiger partial charge in [-0.1, -0.05) is 30.3 Å². The molecule has 0 bridgehead atoms. The molecule has 0 spiro atoms. The van der Waals surface area contributed by atoms with Crippen LogP contribution >= 0.6 is 0 Å². The van der Waals surface area contributed by atoms with Gasteiger partial charge >= 0.3 is 0 Å². The summed E-state index contributed by atoms with van der Waals surface area (Å²) in [5, 5.41) is 0. The van der Waals surface area contributed by atoms with Gasteiger partial charge in [0.1, 0.15) is 18.0 Å². The van der Waals surface area contributed by atoms with Crippen molar-refractivity contribution in [2.24, 2.45) is 0 Å². The summed E-state index contributed by atoms with van der Waals surface area (Å²) in [4.78, 5) is 35.1. The number of nitrogens with zero attached hydrogens (tertiary/aromatic N) is 6. The minimum absolute atomic E-state index is 0.170. The van der Waals surface area contributed by atoms with Crippen molar-refractivity contribution in [2.75, 3.05) is 29.4 Å². The summed E-state index contributed by atoms with van der Waals surface area (Å²) in [6, 6.07) is 10.4. The highest BCUT2D eigenvalue weighted by Crippen LogP contribution is 2.33. The van der Waals surface area contributed by atoms with Crippen molar-refractivity contribution >= 4 is 17.4 Å². The summed E-state index contributed by atoms with van der Waals surface area (Å²) in [7, 11) is 0. The molecule has 7 heteroatoms. The molecule has 164 valence electrons. The number of anilines is 2. The van der Waals surface area contributed by atoms with E-state index in [1.807, 2.05) is 23.4 Å². The van der Waals surface area contributed by atoms with E-state index in [1.165, 1.54) is 5.56 Å². The number of fused-ring (bicyclic) bond motifs is 1. The number of aromatic nitrogens is 4. The maximum Gasteiger partial charge on any atom is 0.228 e. The Morgan fingerprint density at radius 2 is 1.88 bits per heavy atom. The van der Waals surface area contributed by atoms with Crippen LogP contribution in [-0.4, -0.2) is 45.5 Å². The number of hydrogen-bond acceptors (Lipinski definition) is 6. The van der Waals surface area contributed by atoms with Gasteiger partial charge in [0.05, 0.1) is 18.1 Å². The van der Waals surface area contributed by atoms with Crippen molar-refractivity contribution in [1.82, 2.24) is 19.9 Å². The molecule has 1 amide bonds. The van der Waals surface area contributed by atoms with Gasteiger partial charge in [0.15, 0.2) is 0 Å². The van der Waals surface area contributed by atoms with Gasteiger partial charge in [-0.25, -0.2) is 19.9 Å². The summed E-state index contributed by atoms with van der Waals surface area (Å²) >= 11 is 0. The minimum atomic E-state index is 0.170. The Hall–Kier alpha value is -3.35. The van der Waals surface area contributed by atoms with Gasteiger partial charge in [0, 0.05) is 43.2 Å². The first-order valence-corrected chi connectivity index (χ1v) is 11.4. The van der Waals surface area contributed by atoms with Gasteiger partial charge < -0.3 is 4.90 Å². The lowest BCUT2D eigenvalue weighted by atomic mass is 10.0. The van der Waals surface area contributed by atoms with Crippen LogP contribution < -0.4 is 9.80 Å². The van der Waals surface area contributed by atoms with Crippen molar-refractivity contribution in [3.63, 3.8) is 0 Å². The third-order valence-corrected chi connectivity index (χ3v) is 6.51. The molecule has 1 aromatic carbocycles. The number of benzene rings is 1. The molecule has 1 saturated heterocycles. The topological polar surface area (TPSA) is 75.1 Å². The molecule has 32 heavy (non-hydrogen) atoms. The molecule has 7 nitrogen and oxygen atoms in total. The average Bonchev–Trinajstić information content (AvgIpc) is 3.32. The second-order valence-electron chi connectivity index (χ2n) is 8.63. The molecule has 1 fully saturated rings. The van der Waals surface area contributed by atoms with Crippen LogP contribution in [0.3, 0.4) is 0 Å². The zero-order valence-corrected chi connectivity index (χ0v) is 18.4. The summed E-state index contributed by atoms with van der Waals surface area (Å²) in [6.45, 7) is 4.51. The highest BCUT2D eigenvalue weighted by atomic mass is 16.2. The summed E-state index contributed by atoms with van der Waals surface area (Å²) < 4.78 is 0. The molecule has 2 aliphatic rings. The normalized spacial score (nSPS) is 18.2. The Morgan fingerprint density at radius 3 is 2.69 bits per heavy atom. The van der Waals surface area contributed by atoms with Gasteiger partial charge in [-0.15, -0.1) is 0 Å². The maximum absolute atomic E-state index is 12.8. The molecule has 0 saturated carbocycles. The lowest BCUT2D eigenvalue weighted by Gasteiger charge is -2.30. The quantitative estimate of drug-likeness (QED) is 0.598. The van der Waals surface area contributed by atoms with Gasteiger partial charge in [-0.2, -0.15) is 0 Å². The van der Waals surface area contributed by atoms with Crippen molar-refractivity contribution in [3.8, 4) is 0 Å². The number of amides is 1. The Morgan fingerprint density at radius 1 is 1.06 bits per heavy atom. The first kappa shape index (κ1) is 20.5. The van der Waals surface area contributed by atoms with Crippen LogP contribution in [0.15, 0.2) is 49.1 Å². The Bertz CT molecular complexity index is 1090. The van der Waals surface area contributed by atoms with Crippen molar-refractivity contribution in [3.05, 3.63) is 71.7 Å². The fraction of sp³-hybridized carbons (Fsp3) is 0.400. The highest BCUT2D eigenvalue weighted by Gasteiger charge is 2.31. The fourth-order valence-electron chi connectivity index (χ4n) is 4.76. The monoisotopic (exact) mass is 428 g/mol. The van der Waals surface area contributed by atoms with Crippen LogP contribution in [0.2, 0.25) is 0 Å². The molecule has 4 heterocycles. The van der Waals surface area contributed by atoms with E-state index in [0.717, 1.165) is 67.4 Å². The lowest BCUT2D eigenvalue weighted by molar-refractivity contribution is -0.119. The lowest BCUT2D eigenvalue weighted by Crippen LogP contribution is -2.38. The van der Waals surface area contributed by atoms with Crippen LogP contribution in [0.4, 0.5) is 11.5 Å². The zero-order valence-electron chi connectivity index (χ0n) is 18.4. The molecular weight excluding hydrogens is 400 g/mol. The van der Waals surface area contributed by atoms with E-state index in [2.05, 4.69) is 46.1 Å². The van der Waals surface area contributed by atoms with Crippen molar-refractivity contribution < 1.29 is 4.79 Å². The Labute approximate surface area is 188 Å². The average molecular weight is 429 g/mol. The van der Waals surface area contributed by atoms with Gasteiger partial charge in [-0.3, -0.25) is 9.69 Å². The molecule has 1 atom stereocenters. The van der Waals surface area contributed by atoms with Crippen molar-refractivity contribution in [1.29, 1.82) is 0 Å². The number of carbonyl (C=O) groups excluding carboxylic acids is 1. The molecule has 0 radical (unpaired) electrons. The molecule has 2 aromatic heterocycles. The second-order valence-corrected chi connectivity index (χ2v) is 8.63. The highest BCUT2D eigenvalue weighted by molar-refractivity contribution is 5.95. The van der Waals surface area contributed by atoms with Gasteiger partial charge in [0.25, 0.3) is 0 Å². The maximum atomic E-state index is 12.8. The first-order valence-electron chi connectivity index (χ1n) is 11.4. The summed E-state index contributed by atoms with van der Waals surface area (Å²) in [5.41, 5.74) is 4.46. The van der Waals surface area contributed by atoms with Crippen LogP contribution in [0.5, 0.6) is 0 Å². The first-order chi connectivity index (χ1) is 15.7. The number of hydrogen-bond donors (Lipinski definition) is 0. The number of rotatable bonds is 6. The largest absolute Gasteiger partial charge is 0.368 e. The van der Waals surface area contributed by atoms with E-state index in [-0.39, 0.29) is 11.8 Å². The van der Waals surface area contributed by atoms with Gasteiger partial charge in [-0.05, 0) is 38.2 Å². The van der Waals surface area contributed by atoms with E-state index >= 15 is 0 Å². The Kier molecular flexibility index (Phi) is 5.79. The SMILES string of the molecule is Cc1nc(C2CCN(c3cncnc3)C2)nc2c1CCC(=O)N2CCCc1ccccc1. The standard InChI is InChI=1S/C25H28N6O/c1-18-22-9-10-23(32)31(12-5-8-19-6-3-2-4-7-19)25(22)29-24(28-18)20-11-13-30(16-20)21-14-26-17-27-15-21/h2-4,6-7,14-15,17,20H,5,8-13,16H2,1H3. The number of carbonyl (C=O) groups is 1. The second kappa shape index (κ2) is 9.02. The minimum Gasteiger partial charge on any atom is -0.368 e. The van der Waals surface area contributed by atoms with Crippen LogP contribution in [0.25, 0.3) is 0 Å². The van der Waals surface area contributed by atoms with Gasteiger partial charge in [0.2, 0.25) is 5.91 Å². The van der Waals surface area contributed by atoms with Crippen LogP contribution in [0, 0.1) is 6.92 Å². The third kappa shape index (κ3) is 4.20. The Balaban J connectivity index is 1.34. The molecule has 5 rings (SSSR count). The summed E-state index contributed by atoms with van der Waals surface area (Å²) in [5.74, 6) is 2.09. The molecule has 2 aliphatic heterocycles. The van der Waals surface area contributed by atoms with Crippen molar-refractivity contribution in [2.45, 2.75) is 44.9 Å². The number of aryl methyl sites for hydroxylation is 2. The zero-order chi connectivity index (χ0) is 21.9. The molecule has 0 aliphatic carbocycles. The van der Waals surface area contributed by atoms with E-state index in [0.29, 0.717) is 13.0 Å². The smallest absolute Gasteiger partial charge is 0.228 e.